The van der Waals surface area contributed by atoms with Gasteiger partial charge in [-0.2, -0.15) is 5.26 Å². The summed E-state index contributed by atoms with van der Waals surface area (Å²) in [7, 11) is -3.53. The van der Waals surface area contributed by atoms with Gasteiger partial charge < -0.3 is 0 Å². The fourth-order valence-electron chi connectivity index (χ4n) is 1.86. The topological polar surface area (TPSA) is 70.0 Å². The van der Waals surface area contributed by atoms with Crippen LogP contribution in [0.3, 0.4) is 0 Å². The molecule has 1 aliphatic rings. The Bertz CT molecular complexity index is 607. The number of benzene rings is 1. The van der Waals surface area contributed by atoms with Crippen molar-refractivity contribution in [2.75, 3.05) is 0 Å². The van der Waals surface area contributed by atoms with Gasteiger partial charge in [0.15, 0.2) is 0 Å². The SMILES string of the molecule is CCC1CC1NS(=O)(=O)c1ccc(C#N)c(Cl)c1. The molecule has 0 heterocycles. The predicted molar refractivity (Wildman–Crippen MR) is 68.7 cm³/mol. The first-order valence-corrected chi connectivity index (χ1v) is 7.56. The predicted octanol–water partition coefficient (Wildman–Crippen LogP) is 2.29. The lowest BCUT2D eigenvalue weighted by Gasteiger charge is -2.07. The highest BCUT2D eigenvalue weighted by atomic mass is 35.5. The van der Waals surface area contributed by atoms with E-state index in [1.807, 2.05) is 13.0 Å². The van der Waals surface area contributed by atoms with Crippen molar-refractivity contribution in [3.05, 3.63) is 28.8 Å². The molecule has 1 N–H and O–H groups in total. The van der Waals surface area contributed by atoms with Gasteiger partial charge in [-0.3, -0.25) is 0 Å². The Labute approximate surface area is 112 Å². The third-order valence-electron chi connectivity index (χ3n) is 3.12. The van der Waals surface area contributed by atoms with Crippen molar-refractivity contribution in [2.24, 2.45) is 5.92 Å². The molecule has 0 bridgehead atoms. The van der Waals surface area contributed by atoms with Crippen molar-refractivity contribution in [3.63, 3.8) is 0 Å². The Balaban J connectivity index is 2.20. The van der Waals surface area contributed by atoms with Gasteiger partial charge in [-0.25, -0.2) is 13.1 Å². The molecule has 1 aliphatic carbocycles. The molecular weight excluding hydrogens is 272 g/mol. The first-order chi connectivity index (χ1) is 8.47. The van der Waals surface area contributed by atoms with Gasteiger partial charge in [-0.05, 0) is 30.5 Å². The van der Waals surface area contributed by atoms with Gasteiger partial charge in [-0.1, -0.05) is 24.9 Å². The van der Waals surface area contributed by atoms with Crippen molar-refractivity contribution in [2.45, 2.75) is 30.7 Å². The summed E-state index contributed by atoms with van der Waals surface area (Å²) >= 11 is 5.83. The van der Waals surface area contributed by atoms with Crippen LogP contribution in [0.4, 0.5) is 0 Å². The second-order valence-electron chi connectivity index (χ2n) is 4.39. The zero-order valence-electron chi connectivity index (χ0n) is 9.85. The second kappa shape index (κ2) is 4.88. The molecule has 0 amide bonds. The van der Waals surface area contributed by atoms with Crippen LogP contribution >= 0.6 is 11.6 Å². The number of halogens is 1. The minimum atomic E-state index is -3.53. The lowest BCUT2D eigenvalue weighted by molar-refractivity contribution is 0.576. The van der Waals surface area contributed by atoms with Crippen LogP contribution in [0, 0.1) is 17.2 Å². The van der Waals surface area contributed by atoms with Crippen molar-refractivity contribution in [1.29, 1.82) is 5.26 Å². The fraction of sp³-hybridized carbons (Fsp3) is 0.417. The highest BCUT2D eigenvalue weighted by molar-refractivity contribution is 7.89. The fourth-order valence-corrected chi connectivity index (χ4v) is 3.50. The third-order valence-corrected chi connectivity index (χ3v) is 4.93. The van der Waals surface area contributed by atoms with Crippen molar-refractivity contribution >= 4 is 21.6 Å². The molecule has 0 radical (unpaired) electrons. The van der Waals surface area contributed by atoms with E-state index in [0.717, 1.165) is 12.8 Å². The maximum absolute atomic E-state index is 12.0. The van der Waals surface area contributed by atoms with E-state index in [1.165, 1.54) is 18.2 Å². The Morgan fingerprint density at radius 3 is 2.78 bits per heavy atom. The second-order valence-corrected chi connectivity index (χ2v) is 6.51. The smallest absolute Gasteiger partial charge is 0.208 e. The van der Waals surface area contributed by atoms with Crippen LogP contribution in [0.1, 0.15) is 25.3 Å². The standard InChI is InChI=1S/C12H13ClN2O2S/c1-2-8-5-12(8)15-18(16,17)10-4-3-9(7-14)11(13)6-10/h3-4,6,8,12,15H,2,5H2,1H3. The van der Waals surface area contributed by atoms with Gasteiger partial charge in [0.25, 0.3) is 0 Å². The summed E-state index contributed by atoms with van der Waals surface area (Å²) in [5.74, 6) is 0.439. The van der Waals surface area contributed by atoms with Crippen molar-refractivity contribution in [3.8, 4) is 6.07 Å². The van der Waals surface area contributed by atoms with Gasteiger partial charge in [0.05, 0.1) is 15.5 Å². The number of hydrogen-bond donors (Lipinski definition) is 1. The summed E-state index contributed by atoms with van der Waals surface area (Å²) in [6.45, 7) is 2.04. The molecule has 2 unspecified atom stereocenters. The number of rotatable bonds is 4. The number of hydrogen-bond acceptors (Lipinski definition) is 3. The zero-order chi connectivity index (χ0) is 13.3. The number of sulfonamides is 1. The Morgan fingerprint density at radius 1 is 1.56 bits per heavy atom. The van der Waals surface area contributed by atoms with E-state index in [-0.39, 0.29) is 21.5 Å². The Morgan fingerprint density at radius 2 is 2.28 bits per heavy atom. The highest BCUT2D eigenvalue weighted by Crippen LogP contribution is 2.34. The lowest BCUT2D eigenvalue weighted by Crippen LogP contribution is -2.27. The summed E-state index contributed by atoms with van der Waals surface area (Å²) in [6.07, 6.45) is 1.86. The molecule has 1 saturated carbocycles. The van der Waals surface area contributed by atoms with Crippen LogP contribution < -0.4 is 4.72 Å². The quantitative estimate of drug-likeness (QED) is 0.922. The van der Waals surface area contributed by atoms with Crippen LogP contribution in [0.15, 0.2) is 23.1 Å². The van der Waals surface area contributed by atoms with Crippen LogP contribution in [0.2, 0.25) is 5.02 Å². The van der Waals surface area contributed by atoms with Gasteiger partial charge in [0.2, 0.25) is 10.0 Å². The molecule has 18 heavy (non-hydrogen) atoms. The molecule has 0 aromatic heterocycles. The molecule has 4 nitrogen and oxygen atoms in total. The molecule has 0 spiro atoms. The van der Waals surface area contributed by atoms with Crippen LogP contribution in [-0.2, 0) is 10.0 Å². The van der Waals surface area contributed by atoms with Gasteiger partial charge in [0.1, 0.15) is 6.07 Å². The number of nitriles is 1. The molecule has 1 aromatic rings. The zero-order valence-corrected chi connectivity index (χ0v) is 11.4. The molecule has 1 fully saturated rings. The summed E-state index contributed by atoms with van der Waals surface area (Å²) in [5.41, 5.74) is 0.272. The molecule has 2 rings (SSSR count). The molecule has 0 saturated heterocycles. The van der Waals surface area contributed by atoms with E-state index in [0.29, 0.717) is 5.92 Å². The minimum Gasteiger partial charge on any atom is -0.208 e. The van der Waals surface area contributed by atoms with E-state index < -0.39 is 10.0 Å². The normalized spacial score (nSPS) is 22.5. The Hall–Kier alpha value is -1.09. The van der Waals surface area contributed by atoms with Crippen LogP contribution in [-0.4, -0.2) is 14.5 Å². The van der Waals surface area contributed by atoms with Crippen LogP contribution in [0.25, 0.3) is 0 Å². The molecule has 2 atom stereocenters. The lowest BCUT2D eigenvalue weighted by atomic mass is 10.2. The van der Waals surface area contributed by atoms with Gasteiger partial charge >= 0.3 is 0 Å². The Kier molecular flexibility index (Phi) is 3.62. The number of nitrogens with one attached hydrogen (secondary N) is 1. The summed E-state index contributed by atoms with van der Waals surface area (Å²) < 4.78 is 26.7. The largest absolute Gasteiger partial charge is 0.240 e. The molecule has 6 heteroatoms. The van der Waals surface area contributed by atoms with Gasteiger partial charge in [-0.15, -0.1) is 0 Å². The summed E-state index contributed by atoms with van der Waals surface area (Å²) in [4.78, 5) is 0.105. The minimum absolute atomic E-state index is 0.0365. The van der Waals surface area contributed by atoms with E-state index in [2.05, 4.69) is 4.72 Å². The van der Waals surface area contributed by atoms with Gasteiger partial charge in [0, 0.05) is 6.04 Å². The van der Waals surface area contributed by atoms with E-state index in [9.17, 15) is 8.42 Å². The molecular formula is C12H13ClN2O2S. The summed E-state index contributed by atoms with van der Waals surface area (Å²) in [5, 5.41) is 8.89. The summed E-state index contributed by atoms with van der Waals surface area (Å²) in [6, 6.07) is 6.06. The number of nitrogens with zero attached hydrogens (tertiary/aromatic N) is 1. The molecule has 96 valence electrons. The maximum Gasteiger partial charge on any atom is 0.240 e. The first kappa shape index (κ1) is 13.3. The monoisotopic (exact) mass is 284 g/mol. The third kappa shape index (κ3) is 2.66. The maximum atomic E-state index is 12.0. The molecule has 1 aromatic carbocycles. The van der Waals surface area contributed by atoms with Crippen molar-refractivity contribution in [1.82, 2.24) is 4.72 Å². The average Bonchev–Trinajstić information content (AvgIpc) is 3.06. The van der Waals surface area contributed by atoms with E-state index in [4.69, 9.17) is 16.9 Å². The average molecular weight is 285 g/mol. The van der Waals surface area contributed by atoms with Crippen LogP contribution in [0.5, 0.6) is 0 Å². The van der Waals surface area contributed by atoms with E-state index in [1.54, 1.807) is 0 Å². The first-order valence-electron chi connectivity index (χ1n) is 5.70. The molecule has 0 aliphatic heterocycles. The van der Waals surface area contributed by atoms with Crippen molar-refractivity contribution < 1.29 is 8.42 Å². The van der Waals surface area contributed by atoms with E-state index >= 15 is 0 Å². The highest BCUT2D eigenvalue weighted by Gasteiger charge is 2.38.